The van der Waals surface area contributed by atoms with Crippen molar-refractivity contribution in [2.75, 3.05) is 20.8 Å². The molecule has 0 aliphatic rings. The molecule has 4 heteroatoms. The molecular formula is C23H31NO3. The topological polar surface area (TPSA) is 38.8 Å². The lowest BCUT2D eigenvalue weighted by atomic mass is 9.85. The first-order valence-electron chi connectivity index (χ1n) is 9.47. The Hall–Kier alpha value is -2.49. The van der Waals surface area contributed by atoms with Crippen LogP contribution in [0, 0.1) is 5.92 Å². The molecule has 0 spiro atoms. The summed E-state index contributed by atoms with van der Waals surface area (Å²) in [5, 5.41) is 0. The van der Waals surface area contributed by atoms with Crippen molar-refractivity contribution < 1.29 is 14.3 Å². The van der Waals surface area contributed by atoms with Gasteiger partial charge in [-0.3, -0.25) is 4.79 Å². The average molecular weight is 370 g/mol. The maximum absolute atomic E-state index is 12.2. The van der Waals surface area contributed by atoms with Crippen LogP contribution in [0.2, 0.25) is 0 Å². The number of methoxy groups -OCH3 is 2. The molecule has 146 valence electrons. The van der Waals surface area contributed by atoms with Gasteiger partial charge in [0.15, 0.2) is 0 Å². The number of amides is 1. The second-order valence-electron chi connectivity index (χ2n) is 7.20. The number of hydrogen-bond donors (Lipinski definition) is 0. The van der Waals surface area contributed by atoms with E-state index >= 15 is 0 Å². The second kappa shape index (κ2) is 10.0. The number of carbonyl (C=O) groups excluding carboxylic acids is 1. The molecular weight excluding hydrogens is 338 g/mol. The zero-order valence-corrected chi connectivity index (χ0v) is 17.1. The molecule has 1 atom stereocenters. The molecule has 0 unspecified atom stereocenters. The normalized spacial score (nSPS) is 11.9. The van der Waals surface area contributed by atoms with Gasteiger partial charge in [0.05, 0.1) is 14.2 Å². The van der Waals surface area contributed by atoms with E-state index in [0.29, 0.717) is 18.4 Å². The lowest BCUT2D eigenvalue weighted by Crippen LogP contribution is -2.30. The Morgan fingerprint density at radius 1 is 0.926 bits per heavy atom. The fraction of sp³-hybridized carbons (Fsp3) is 0.435. The summed E-state index contributed by atoms with van der Waals surface area (Å²) in [4.78, 5) is 14.1. The zero-order valence-electron chi connectivity index (χ0n) is 17.1. The maximum Gasteiger partial charge on any atom is 0.219 e. The summed E-state index contributed by atoms with van der Waals surface area (Å²) < 4.78 is 10.5. The predicted octanol–water partition coefficient (Wildman–Crippen LogP) is 4.88. The van der Waals surface area contributed by atoms with E-state index in [9.17, 15) is 4.79 Å². The summed E-state index contributed by atoms with van der Waals surface area (Å²) in [7, 11) is 3.33. The number of ether oxygens (including phenoxy) is 2. The van der Waals surface area contributed by atoms with Gasteiger partial charge in [-0.1, -0.05) is 38.1 Å². The standard InChI is InChI=1S/C23H31NO3/c1-17(2)23(20-8-12-22(27-5)13-9-20)14-15-24(18(3)25)16-19-6-10-21(26-4)11-7-19/h6-13,17,23H,14-16H2,1-5H3/t23-/m0/s1. The first kappa shape index (κ1) is 20.8. The highest BCUT2D eigenvalue weighted by atomic mass is 16.5. The number of rotatable bonds is 9. The summed E-state index contributed by atoms with van der Waals surface area (Å²) in [6, 6.07) is 16.2. The fourth-order valence-electron chi connectivity index (χ4n) is 3.33. The van der Waals surface area contributed by atoms with Crippen molar-refractivity contribution in [2.45, 2.75) is 39.7 Å². The smallest absolute Gasteiger partial charge is 0.219 e. The lowest BCUT2D eigenvalue weighted by molar-refractivity contribution is -0.129. The average Bonchev–Trinajstić information content (AvgIpc) is 2.67. The minimum atomic E-state index is 0.100. The number of nitrogens with zero attached hydrogens (tertiary/aromatic N) is 1. The minimum absolute atomic E-state index is 0.100. The summed E-state index contributed by atoms with van der Waals surface area (Å²) in [6.45, 7) is 7.46. The van der Waals surface area contributed by atoms with Crippen LogP contribution in [-0.4, -0.2) is 31.6 Å². The Kier molecular flexibility index (Phi) is 7.71. The van der Waals surface area contributed by atoms with Crippen LogP contribution in [0.3, 0.4) is 0 Å². The Bertz CT molecular complexity index is 707. The number of benzene rings is 2. The molecule has 0 N–H and O–H groups in total. The van der Waals surface area contributed by atoms with Gasteiger partial charge in [-0.25, -0.2) is 0 Å². The molecule has 0 heterocycles. The van der Waals surface area contributed by atoms with E-state index in [1.165, 1.54) is 5.56 Å². The minimum Gasteiger partial charge on any atom is -0.497 e. The predicted molar refractivity (Wildman–Crippen MR) is 109 cm³/mol. The molecule has 2 aromatic rings. The summed E-state index contributed by atoms with van der Waals surface area (Å²) >= 11 is 0. The highest BCUT2D eigenvalue weighted by molar-refractivity contribution is 5.73. The molecule has 0 aliphatic heterocycles. The van der Waals surface area contributed by atoms with Crippen molar-refractivity contribution in [1.82, 2.24) is 4.90 Å². The van der Waals surface area contributed by atoms with Crippen LogP contribution in [0.25, 0.3) is 0 Å². The van der Waals surface area contributed by atoms with E-state index in [0.717, 1.165) is 30.0 Å². The van der Waals surface area contributed by atoms with Gasteiger partial charge in [0.2, 0.25) is 5.91 Å². The molecule has 4 nitrogen and oxygen atoms in total. The van der Waals surface area contributed by atoms with E-state index in [1.807, 2.05) is 41.3 Å². The first-order chi connectivity index (χ1) is 12.9. The van der Waals surface area contributed by atoms with E-state index in [2.05, 4.69) is 26.0 Å². The van der Waals surface area contributed by atoms with Crippen LogP contribution in [0.4, 0.5) is 0 Å². The number of carbonyl (C=O) groups is 1. The first-order valence-corrected chi connectivity index (χ1v) is 9.47. The molecule has 1 amide bonds. The van der Waals surface area contributed by atoms with Crippen molar-refractivity contribution >= 4 is 5.91 Å². The maximum atomic E-state index is 12.2. The molecule has 0 radical (unpaired) electrons. The Morgan fingerprint density at radius 2 is 1.44 bits per heavy atom. The van der Waals surface area contributed by atoms with Crippen LogP contribution >= 0.6 is 0 Å². The van der Waals surface area contributed by atoms with Gasteiger partial charge in [0.1, 0.15) is 11.5 Å². The third kappa shape index (κ3) is 6.02. The highest BCUT2D eigenvalue weighted by Gasteiger charge is 2.19. The van der Waals surface area contributed by atoms with E-state index in [4.69, 9.17) is 9.47 Å². The fourth-order valence-corrected chi connectivity index (χ4v) is 3.33. The van der Waals surface area contributed by atoms with Gasteiger partial charge in [0.25, 0.3) is 0 Å². The van der Waals surface area contributed by atoms with Gasteiger partial charge in [0, 0.05) is 20.0 Å². The van der Waals surface area contributed by atoms with Gasteiger partial charge < -0.3 is 14.4 Å². The lowest BCUT2D eigenvalue weighted by Gasteiger charge is -2.27. The number of hydrogen-bond acceptors (Lipinski definition) is 3. The van der Waals surface area contributed by atoms with E-state index in [1.54, 1.807) is 21.1 Å². The monoisotopic (exact) mass is 369 g/mol. The van der Waals surface area contributed by atoms with Gasteiger partial charge in [-0.15, -0.1) is 0 Å². The van der Waals surface area contributed by atoms with Crippen LogP contribution in [0.5, 0.6) is 11.5 Å². The molecule has 0 bridgehead atoms. The Labute approximate surface area is 163 Å². The molecule has 0 saturated heterocycles. The van der Waals surface area contributed by atoms with Crippen molar-refractivity contribution in [3.8, 4) is 11.5 Å². The van der Waals surface area contributed by atoms with Gasteiger partial charge in [-0.05, 0) is 53.6 Å². The molecule has 2 aromatic carbocycles. The third-order valence-electron chi connectivity index (χ3n) is 5.04. The quantitative estimate of drug-likeness (QED) is 0.632. The Morgan fingerprint density at radius 3 is 1.89 bits per heavy atom. The van der Waals surface area contributed by atoms with Crippen LogP contribution in [0.15, 0.2) is 48.5 Å². The van der Waals surface area contributed by atoms with Crippen molar-refractivity contribution in [3.63, 3.8) is 0 Å². The molecule has 0 fully saturated rings. The molecule has 0 aliphatic carbocycles. The second-order valence-corrected chi connectivity index (χ2v) is 7.20. The van der Waals surface area contributed by atoms with Gasteiger partial charge >= 0.3 is 0 Å². The Balaban J connectivity index is 2.05. The molecule has 0 saturated carbocycles. The van der Waals surface area contributed by atoms with E-state index in [-0.39, 0.29) is 5.91 Å². The SMILES string of the molecule is COc1ccc(CN(CC[C@H](c2ccc(OC)cc2)C(C)C)C(C)=O)cc1. The molecule has 2 rings (SSSR count). The third-order valence-corrected chi connectivity index (χ3v) is 5.04. The van der Waals surface area contributed by atoms with Crippen LogP contribution < -0.4 is 9.47 Å². The summed E-state index contributed by atoms with van der Waals surface area (Å²) in [5.74, 6) is 2.68. The van der Waals surface area contributed by atoms with Crippen molar-refractivity contribution in [3.05, 3.63) is 59.7 Å². The van der Waals surface area contributed by atoms with Gasteiger partial charge in [-0.2, -0.15) is 0 Å². The molecule has 27 heavy (non-hydrogen) atoms. The zero-order chi connectivity index (χ0) is 19.8. The molecule has 0 aromatic heterocycles. The summed E-state index contributed by atoms with van der Waals surface area (Å²) in [5.41, 5.74) is 2.40. The van der Waals surface area contributed by atoms with E-state index < -0.39 is 0 Å². The van der Waals surface area contributed by atoms with Crippen LogP contribution in [0.1, 0.15) is 44.2 Å². The highest BCUT2D eigenvalue weighted by Crippen LogP contribution is 2.29. The summed E-state index contributed by atoms with van der Waals surface area (Å²) in [6.07, 6.45) is 0.930. The van der Waals surface area contributed by atoms with Crippen molar-refractivity contribution in [2.24, 2.45) is 5.92 Å². The van der Waals surface area contributed by atoms with Crippen molar-refractivity contribution in [1.29, 1.82) is 0 Å². The largest absolute Gasteiger partial charge is 0.497 e. The van der Waals surface area contributed by atoms with Crippen LogP contribution in [-0.2, 0) is 11.3 Å².